The molecule has 0 aliphatic carbocycles. The minimum atomic E-state index is -3.84. The van der Waals surface area contributed by atoms with Crippen LogP contribution in [0.1, 0.15) is 12.3 Å². The average molecular weight is 479 g/mol. The van der Waals surface area contributed by atoms with Crippen molar-refractivity contribution in [3.8, 4) is 11.3 Å². The van der Waals surface area contributed by atoms with Crippen LogP contribution in [0.4, 0.5) is 13.2 Å². The summed E-state index contributed by atoms with van der Waals surface area (Å²) in [5.41, 5.74) is 0.0668. The molecule has 2 aromatic carbocycles. The van der Waals surface area contributed by atoms with E-state index in [0.717, 1.165) is 18.2 Å². The van der Waals surface area contributed by atoms with Crippen LogP contribution >= 0.6 is 0 Å². The fourth-order valence-corrected chi connectivity index (χ4v) is 5.02. The summed E-state index contributed by atoms with van der Waals surface area (Å²) in [7, 11) is -3.84. The molecule has 174 valence electrons. The molecular formula is C22H20F3N3O4S. The SMILES string of the molecule is O=C(CCc1ncc(-c2ccc(F)cc2F)o1)N1CCN(S(=O)(=O)c2cccc(F)c2)CC1. The summed E-state index contributed by atoms with van der Waals surface area (Å²) in [6, 6.07) is 7.90. The van der Waals surface area contributed by atoms with Crippen LogP contribution in [0, 0.1) is 17.5 Å². The van der Waals surface area contributed by atoms with Crippen molar-refractivity contribution >= 4 is 15.9 Å². The lowest BCUT2D eigenvalue weighted by atomic mass is 10.2. The van der Waals surface area contributed by atoms with Gasteiger partial charge in [-0.1, -0.05) is 6.07 Å². The van der Waals surface area contributed by atoms with Crippen molar-refractivity contribution in [2.45, 2.75) is 17.7 Å². The van der Waals surface area contributed by atoms with E-state index in [0.29, 0.717) is 0 Å². The summed E-state index contributed by atoms with van der Waals surface area (Å²) in [5.74, 6) is -1.96. The zero-order valence-corrected chi connectivity index (χ0v) is 18.2. The van der Waals surface area contributed by atoms with Gasteiger partial charge in [-0.2, -0.15) is 4.31 Å². The lowest BCUT2D eigenvalue weighted by Gasteiger charge is -2.34. The van der Waals surface area contributed by atoms with Gasteiger partial charge in [0.05, 0.1) is 16.7 Å². The standard InChI is InChI=1S/C22H20F3N3O4S/c23-15-2-1-3-17(12-15)33(30,31)28-10-8-27(9-11-28)22(29)7-6-21-26-14-20(32-21)18-5-4-16(24)13-19(18)25/h1-5,12-14H,6-11H2. The molecule has 0 atom stereocenters. The van der Waals surface area contributed by atoms with Crippen LogP contribution in [0.3, 0.4) is 0 Å². The smallest absolute Gasteiger partial charge is 0.243 e. The Morgan fingerprint density at radius 1 is 1.00 bits per heavy atom. The molecule has 0 spiro atoms. The summed E-state index contributed by atoms with van der Waals surface area (Å²) >= 11 is 0. The van der Waals surface area contributed by atoms with E-state index >= 15 is 0 Å². The van der Waals surface area contributed by atoms with Crippen molar-refractivity contribution in [1.82, 2.24) is 14.2 Å². The predicted octanol–water partition coefficient (Wildman–Crippen LogP) is 3.22. The number of oxazole rings is 1. The molecular weight excluding hydrogens is 459 g/mol. The molecule has 0 bridgehead atoms. The van der Waals surface area contributed by atoms with Gasteiger partial charge in [-0.25, -0.2) is 26.6 Å². The van der Waals surface area contributed by atoms with Crippen LogP contribution in [0.15, 0.2) is 58.0 Å². The van der Waals surface area contributed by atoms with E-state index in [1.54, 1.807) is 4.90 Å². The molecule has 33 heavy (non-hydrogen) atoms. The second-order valence-electron chi connectivity index (χ2n) is 7.48. The predicted molar refractivity (Wildman–Crippen MR) is 112 cm³/mol. The average Bonchev–Trinajstić information content (AvgIpc) is 3.26. The number of benzene rings is 2. The Balaban J connectivity index is 1.31. The van der Waals surface area contributed by atoms with Crippen LogP contribution in [0.5, 0.6) is 0 Å². The number of amides is 1. The van der Waals surface area contributed by atoms with Crippen molar-refractivity contribution in [3.63, 3.8) is 0 Å². The Labute approximate surface area is 188 Å². The monoisotopic (exact) mass is 479 g/mol. The number of carbonyl (C=O) groups is 1. The first-order valence-corrected chi connectivity index (χ1v) is 11.6. The van der Waals surface area contributed by atoms with Gasteiger partial charge < -0.3 is 9.32 Å². The van der Waals surface area contributed by atoms with Gasteiger partial charge in [0.2, 0.25) is 15.9 Å². The maximum atomic E-state index is 13.9. The first kappa shape index (κ1) is 23.0. The van der Waals surface area contributed by atoms with Crippen molar-refractivity contribution in [2.24, 2.45) is 0 Å². The molecule has 2 heterocycles. The fraction of sp³-hybridized carbons (Fsp3) is 0.273. The quantitative estimate of drug-likeness (QED) is 0.542. The number of carbonyl (C=O) groups excluding carboxylic acids is 1. The number of hydrogen-bond donors (Lipinski definition) is 0. The minimum absolute atomic E-state index is 0.0668. The summed E-state index contributed by atoms with van der Waals surface area (Å²) in [4.78, 5) is 18.0. The molecule has 0 radical (unpaired) electrons. The van der Waals surface area contributed by atoms with Gasteiger partial charge in [0, 0.05) is 45.1 Å². The van der Waals surface area contributed by atoms with Gasteiger partial charge in [-0.05, 0) is 30.3 Å². The fourth-order valence-electron chi connectivity index (χ4n) is 3.57. The van der Waals surface area contributed by atoms with E-state index in [1.165, 1.54) is 34.8 Å². The molecule has 1 aliphatic rings. The van der Waals surface area contributed by atoms with E-state index in [4.69, 9.17) is 4.42 Å². The van der Waals surface area contributed by atoms with Crippen LogP contribution in [-0.4, -0.2) is 54.7 Å². The molecule has 7 nitrogen and oxygen atoms in total. The van der Waals surface area contributed by atoms with Gasteiger partial charge in [0.25, 0.3) is 0 Å². The van der Waals surface area contributed by atoms with Gasteiger partial charge in [-0.3, -0.25) is 4.79 Å². The number of halogens is 3. The number of aryl methyl sites for hydroxylation is 1. The molecule has 1 aliphatic heterocycles. The van der Waals surface area contributed by atoms with E-state index in [9.17, 15) is 26.4 Å². The van der Waals surface area contributed by atoms with E-state index < -0.39 is 27.5 Å². The number of sulfonamides is 1. The zero-order valence-electron chi connectivity index (χ0n) is 17.4. The number of hydrogen-bond acceptors (Lipinski definition) is 5. The van der Waals surface area contributed by atoms with Crippen LogP contribution in [0.25, 0.3) is 11.3 Å². The maximum absolute atomic E-state index is 13.9. The molecule has 0 unspecified atom stereocenters. The van der Waals surface area contributed by atoms with Crippen LogP contribution in [-0.2, 0) is 21.2 Å². The molecule has 0 saturated carbocycles. The third kappa shape index (κ3) is 5.09. The van der Waals surface area contributed by atoms with Gasteiger partial charge in [-0.15, -0.1) is 0 Å². The molecule has 1 saturated heterocycles. The molecule has 11 heteroatoms. The van der Waals surface area contributed by atoms with E-state index in [1.807, 2.05) is 0 Å². The Bertz CT molecular complexity index is 1270. The number of rotatable bonds is 6. The highest BCUT2D eigenvalue weighted by Crippen LogP contribution is 2.25. The summed E-state index contributed by atoms with van der Waals surface area (Å²) in [5, 5.41) is 0. The molecule has 1 amide bonds. The van der Waals surface area contributed by atoms with Gasteiger partial charge in [0.15, 0.2) is 11.7 Å². The highest BCUT2D eigenvalue weighted by Gasteiger charge is 2.30. The molecule has 1 aromatic heterocycles. The first-order valence-electron chi connectivity index (χ1n) is 10.2. The topological polar surface area (TPSA) is 83.7 Å². The Morgan fingerprint density at radius 3 is 2.42 bits per heavy atom. The summed E-state index contributed by atoms with van der Waals surface area (Å²) in [6.45, 7) is 0.588. The van der Waals surface area contributed by atoms with Crippen LogP contribution < -0.4 is 0 Å². The van der Waals surface area contributed by atoms with Crippen LogP contribution in [0.2, 0.25) is 0 Å². The van der Waals surface area contributed by atoms with Crippen molar-refractivity contribution in [2.75, 3.05) is 26.2 Å². The molecule has 3 aromatic rings. The zero-order chi connectivity index (χ0) is 23.6. The highest BCUT2D eigenvalue weighted by molar-refractivity contribution is 7.89. The summed E-state index contributed by atoms with van der Waals surface area (Å²) < 4.78 is 72.4. The Hall–Kier alpha value is -3.18. The van der Waals surface area contributed by atoms with E-state index in [-0.39, 0.29) is 67.0 Å². The van der Waals surface area contributed by atoms with Crippen molar-refractivity contribution in [1.29, 1.82) is 0 Å². The number of nitrogens with zero attached hydrogens (tertiary/aromatic N) is 3. The van der Waals surface area contributed by atoms with Gasteiger partial charge >= 0.3 is 0 Å². The minimum Gasteiger partial charge on any atom is -0.441 e. The third-order valence-electron chi connectivity index (χ3n) is 5.33. The Kier molecular flexibility index (Phi) is 6.52. The van der Waals surface area contributed by atoms with E-state index in [2.05, 4.69) is 4.98 Å². The molecule has 0 N–H and O–H groups in total. The van der Waals surface area contributed by atoms with Crippen molar-refractivity contribution in [3.05, 3.63) is 72.0 Å². The summed E-state index contributed by atoms with van der Waals surface area (Å²) in [6.07, 6.45) is 1.55. The second kappa shape index (κ2) is 9.36. The lowest BCUT2D eigenvalue weighted by Crippen LogP contribution is -2.50. The van der Waals surface area contributed by atoms with Gasteiger partial charge in [0.1, 0.15) is 17.5 Å². The maximum Gasteiger partial charge on any atom is 0.243 e. The number of aromatic nitrogens is 1. The second-order valence-corrected chi connectivity index (χ2v) is 9.42. The molecule has 4 rings (SSSR count). The normalized spacial score (nSPS) is 15.1. The molecule has 1 fully saturated rings. The lowest BCUT2D eigenvalue weighted by molar-refractivity contribution is -0.132. The first-order chi connectivity index (χ1) is 15.7. The van der Waals surface area contributed by atoms with Crippen molar-refractivity contribution < 1.29 is 30.8 Å². The number of piperazine rings is 1. The Morgan fingerprint density at radius 2 is 1.73 bits per heavy atom. The largest absolute Gasteiger partial charge is 0.441 e. The highest BCUT2D eigenvalue weighted by atomic mass is 32.2. The third-order valence-corrected chi connectivity index (χ3v) is 7.22.